The zero-order valence-electron chi connectivity index (χ0n) is 22.3. The zero-order valence-corrected chi connectivity index (χ0v) is 23.0. The predicted octanol–water partition coefficient (Wildman–Crippen LogP) is 5.53. The van der Waals surface area contributed by atoms with Crippen LogP contribution in [0.5, 0.6) is 0 Å². The Morgan fingerprint density at radius 2 is 1.57 bits per heavy atom. The summed E-state index contributed by atoms with van der Waals surface area (Å²) in [6, 6.07) is 22.0. The Hall–Kier alpha value is -4.93. The lowest BCUT2D eigenvalue weighted by molar-refractivity contribution is 0.0735. The quantitative estimate of drug-likeness (QED) is 0.242. The second kappa shape index (κ2) is 11.9. The predicted molar refractivity (Wildman–Crippen MR) is 161 cm³/mol. The standard InChI is InChI=1S/C31H25ClFN7O2/c32-24-17-23(9-10-25(24)33)38-30(41)20-5-7-22(8-6-20)37-29-28-27(35-18-36-29)12-11-26(39-28)19-1-3-21(4-2-19)31(42)40-15-13-34-14-16-40/h1-12,17-18,34H,13-16H2,(H,38,41)(H,35,36,37). The van der Waals surface area contributed by atoms with Crippen LogP contribution in [-0.2, 0) is 0 Å². The molecule has 1 fully saturated rings. The Morgan fingerprint density at radius 1 is 0.857 bits per heavy atom. The van der Waals surface area contributed by atoms with Crippen LogP contribution in [0.3, 0.4) is 0 Å². The molecule has 3 aromatic carbocycles. The minimum absolute atomic E-state index is 0.0257. The summed E-state index contributed by atoms with van der Waals surface area (Å²) in [4.78, 5) is 40.9. The Kier molecular flexibility index (Phi) is 7.72. The van der Waals surface area contributed by atoms with Gasteiger partial charge in [-0.05, 0) is 66.7 Å². The summed E-state index contributed by atoms with van der Waals surface area (Å²) >= 11 is 5.81. The van der Waals surface area contributed by atoms with Crippen molar-refractivity contribution in [3.63, 3.8) is 0 Å². The van der Waals surface area contributed by atoms with Gasteiger partial charge in [0.2, 0.25) is 0 Å². The average molecular weight is 582 g/mol. The molecule has 0 saturated carbocycles. The molecule has 2 amide bonds. The van der Waals surface area contributed by atoms with Gasteiger partial charge >= 0.3 is 0 Å². The average Bonchev–Trinajstić information content (AvgIpc) is 3.03. The molecule has 1 aliphatic rings. The van der Waals surface area contributed by atoms with Gasteiger partial charge in [0.1, 0.15) is 17.7 Å². The molecule has 3 N–H and O–H groups in total. The molecular weight excluding hydrogens is 557 g/mol. The maximum absolute atomic E-state index is 13.4. The smallest absolute Gasteiger partial charge is 0.255 e. The molecular formula is C31H25ClFN7O2. The molecule has 0 atom stereocenters. The first-order valence-electron chi connectivity index (χ1n) is 13.3. The number of anilines is 3. The number of nitrogens with one attached hydrogen (secondary N) is 3. The number of nitrogens with zero attached hydrogens (tertiary/aromatic N) is 4. The molecule has 2 aromatic heterocycles. The topological polar surface area (TPSA) is 112 Å². The van der Waals surface area contributed by atoms with Crippen LogP contribution in [0.25, 0.3) is 22.3 Å². The van der Waals surface area contributed by atoms with Gasteiger partial charge in [0, 0.05) is 54.2 Å². The number of hydrogen-bond donors (Lipinski definition) is 3. The van der Waals surface area contributed by atoms with Crippen molar-refractivity contribution in [2.75, 3.05) is 36.8 Å². The van der Waals surface area contributed by atoms with Crippen LogP contribution in [-0.4, -0.2) is 57.8 Å². The van der Waals surface area contributed by atoms with Crippen molar-refractivity contribution in [1.82, 2.24) is 25.2 Å². The fourth-order valence-corrected chi connectivity index (χ4v) is 4.83. The summed E-state index contributed by atoms with van der Waals surface area (Å²) in [6.07, 6.45) is 1.46. The highest BCUT2D eigenvalue weighted by molar-refractivity contribution is 6.31. The fraction of sp³-hybridized carbons (Fsp3) is 0.129. The van der Waals surface area contributed by atoms with Crippen LogP contribution in [0.4, 0.5) is 21.6 Å². The van der Waals surface area contributed by atoms with Gasteiger partial charge in [-0.2, -0.15) is 0 Å². The van der Waals surface area contributed by atoms with Gasteiger partial charge < -0.3 is 20.9 Å². The molecule has 0 unspecified atom stereocenters. The number of carbonyl (C=O) groups excluding carboxylic acids is 2. The van der Waals surface area contributed by atoms with Gasteiger partial charge in [-0.3, -0.25) is 9.59 Å². The van der Waals surface area contributed by atoms with Crippen molar-refractivity contribution >= 4 is 51.6 Å². The van der Waals surface area contributed by atoms with Gasteiger partial charge in [-0.25, -0.2) is 19.3 Å². The summed E-state index contributed by atoms with van der Waals surface area (Å²) < 4.78 is 13.4. The highest BCUT2D eigenvalue weighted by atomic mass is 35.5. The first kappa shape index (κ1) is 27.3. The number of pyridine rings is 1. The lowest BCUT2D eigenvalue weighted by Gasteiger charge is -2.27. The molecule has 0 bridgehead atoms. The Labute approximate surface area is 245 Å². The molecule has 11 heteroatoms. The van der Waals surface area contributed by atoms with E-state index in [1.807, 2.05) is 41.3 Å². The number of halogens is 2. The Morgan fingerprint density at radius 3 is 2.31 bits per heavy atom. The van der Waals surface area contributed by atoms with E-state index in [9.17, 15) is 14.0 Å². The van der Waals surface area contributed by atoms with Gasteiger partial charge in [0.05, 0.1) is 16.2 Å². The number of hydrogen-bond acceptors (Lipinski definition) is 7. The second-order valence-corrected chi connectivity index (χ2v) is 10.1. The van der Waals surface area contributed by atoms with Crippen molar-refractivity contribution in [2.45, 2.75) is 0 Å². The van der Waals surface area contributed by atoms with Crippen LogP contribution in [0.1, 0.15) is 20.7 Å². The lowest BCUT2D eigenvalue weighted by Crippen LogP contribution is -2.46. The third-order valence-corrected chi connectivity index (χ3v) is 7.19. The Bertz CT molecular complexity index is 1780. The number of fused-ring (bicyclic) bond motifs is 1. The minimum Gasteiger partial charge on any atom is -0.338 e. The number of amides is 2. The Balaban J connectivity index is 1.18. The van der Waals surface area contributed by atoms with Crippen molar-refractivity contribution in [1.29, 1.82) is 0 Å². The van der Waals surface area contributed by atoms with Crippen molar-refractivity contribution in [3.8, 4) is 11.3 Å². The summed E-state index contributed by atoms with van der Waals surface area (Å²) in [7, 11) is 0. The summed E-state index contributed by atoms with van der Waals surface area (Å²) in [5.41, 5.74) is 4.96. The fourth-order valence-electron chi connectivity index (χ4n) is 4.65. The van der Waals surface area contributed by atoms with E-state index in [1.165, 1.54) is 24.5 Å². The van der Waals surface area contributed by atoms with Crippen LogP contribution in [0.2, 0.25) is 5.02 Å². The molecule has 0 radical (unpaired) electrons. The van der Waals surface area contributed by atoms with Crippen LogP contribution in [0.15, 0.2) is 85.2 Å². The minimum atomic E-state index is -0.556. The number of benzene rings is 3. The first-order chi connectivity index (χ1) is 20.4. The van der Waals surface area contributed by atoms with Gasteiger partial charge in [-0.1, -0.05) is 23.7 Å². The maximum Gasteiger partial charge on any atom is 0.255 e. The van der Waals surface area contributed by atoms with E-state index >= 15 is 0 Å². The van der Waals surface area contributed by atoms with E-state index in [0.717, 1.165) is 24.3 Å². The monoisotopic (exact) mass is 581 g/mol. The van der Waals surface area contributed by atoms with Gasteiger partial charge in [0.25, 0.3) is 11.8 Å². The van der Waals surface area contributed by atoms with Crippen LogP contribution in [0, 0.1) is 5.82 Å². The second-order valence-electron chi connectivity index (χ2n) is 9.69. The molecule has 210 valence electrons. The lowest BCUT2D eigenvalue weighted by atomic mass is 10.1. The van der Waals surface area contributed by atoms with E-state index in [4.69, 9.17) is 16.6 Å². The first-order valence-corrected chi connectivity index (χ1v) is 13.7. The van der Waals surface area contributed by atoms with E-state index < -0.39 is 5.82 Å². The highest BCUT2D eigenvalue weighted by Gasteiger charge is 2.18. The van der Waals surface area contributed by atoms with E-state index in [2.05, 4.69) is 25.9 Å². The SMILES string of the molecule is O=C(Nc1ccc(F)c(Cl)c1)c1ccc(Nc2ncnc3ccc(-c4ccc(C(=O)N5CCNCC5)cc4)nc23)cc1. The van der Waals surface area contributed by atoms with Crippen molar-refractivity contribution in [3.05, 3.63) is 107 Å². The number of rotatable bonds is 6. The summed E-state index contributed by atoms with van der Waals surface area (Å²) in [5, 5.41) is 9.15. The van der Waals surface area contributed by atoms with Gasteiger partial charge in [-0.15, -0.1) is 0 Å². The third-order valence-electron chi connectivity index (χ3n) is 6.90. The number of piperazine rings is 1. The molecule has 42 heavy (non-hydrogen) atoms. The highest BCUT2D eigenvalue weighted by Crippen LogP contribution is 2.26. The van der Waals surface area contributed by atoms with Crippen LogP contribution < -0.4 is 16.0 Å². The molecule has 1 saturated heterocycles. The van der Waals surface area contributed by atoms with E-state index in [0.29, 0.717) is 52.4 Å². The molecule has 1 aliphatic heterocycles. The van der Waals surface area contributed by atoms with Crippen LogP contribution >= 0.6 is 11.6 Å². The van der Waals surface area contributed by atoms with Gasteiger partial charge in [0.15, 0.2) is 5.82 Å². The van der Waals surface area contributed by atoms with E-state index in [1.54, 1.807) is 24.3 Å². The molecule has 9 nitrogen and oxygen atoms in total. The molecule has 5 aromatic rings. The maximum atomic E-state index is 13.4. The molecule has 0 aliphatic carbocycles. The summed E-state index contributed by atoms with van der Waals surface area (Å²) in [5.74, 6) is -0.383. The summed E-state index contributed by atoms with van der Waals surface area (Å²) in [6.45, 7) is 3.00. The normalized spacial score (nSPS) is 13.1. The number of aromatic nitrogens is 3. The molecule has 0 spiro atoms. The molecule has 6 rings (SSSR count). The van der Waals surface area contributed by atoms with Crippen molar-refractivity contribution < 1.29 is 14.0 Å². The third kappa shape index (κ3) is 5.90. The zero-order chi connectivity index (χ0) is 29.1. The number of carbonyl (C=O) groups is 2. The van der Waals surface area contributed by atoms with E-state index in [-0.39, 0.29) is 16.8 Å². The largest absolute Gasteiger partial charge is 0.338 e. The molecule has 3 heterocycles. The van der Waals surface area contributed by atoms with Crippen molar-refractivity contribution in [2.24, 2.45) is 0 Å².